The van der Waals surface area contributed by atoms with E-state index in [4.69, 9.17) is 9.47 Å². The van der Waals surface area contributed by atoms with E-state index in [9.17, 15) is 10.2 Å². The summed E-state index contributed by atoms with van der Waals surface area (Å²) in [6, 6.07) is 10.6. The quantitative estimate of drug-likeness (QED) is 0.553. The van der Waals surface area contributed by atoms with Crippen LogP contribution in [0.5, 0.6) is 23.0 Å². The number of phenols is 2. The molecule has 0 radical (unpaired) electrons. The zero-order chi connectivity index (χ0) is 14.3. The Kier molecular flexibility index (Phi) is 2.79. The van der Waals surface area contributed by atoms with Gasteiger partial charge in [-0.05, 0) is 34.4 Å². The van der Waals surface area contributed by atoms with Crippen molar-refractivity contribution in [1.29, 1.82) is 0 Å². The van der Waals surface area contributed by atoms with Gasteiger partial charge in [0.1, 0.15) is 11.5 Å². The molecule has 0 aliphatic carbocycles. The zero-order valence-corrected chi connectivity index (χ0v) is 11.2. The maximum atomic E-state index is 9.73. The number of ether oxygens (including phenoxy) is 2. The van der Waals surface area contributed by atoms with E-state index >= 15 is 0 Å². The minimum Gasteiger partial charge on any atom is -0.504 e. The molecule has 20 heavy (non-hydrogen) atoms. The largest absolute Gasteiger partial charge is 0.504 e. The number of fused-ring (bicyclic) bond motifs is 3. The summed E-state index contributed by atoms with van der Waals surface area (Å²) in [5, 5.41) is 22.8. The van der Waals surface area contributed by atoms with Crippen LogP contribution in [0.1, 0.15) is 0 Å². The van der Waals surface area contributed by atoms with Crippen molar-refractivity contribution in [1.82, 2.24) is 0 Å². The third kappa shape index (κ3) is 1.77. The number of methoxy groups -OCH3 is 2. The predicted octanol–water partition coefficient (Wildman–Crippen LogP) is 3.42. The van der Waals surface area contributed by atoms with Gasteiger partial charge < -0.3 is 19.7 Å². The highest BCUT2D eigenvalue weighted by molar-refractivity contribution is 6.11. The first kappa shape index (κ1) is 12.4. The van der Waals surface area contributed by atoms with Gasteiger partial charge in [0.15, 0.2) is 11.5 Å². The Bertz CT molecular complexity index is 809. The fourth-order valence-corrected chi connectivity index (χ4v) is 2.44. The molecule has 0 unspecified atom stereocenters. The molecule has 0 bridgehead atoms. The molecule has 0 saturated heterocycles. The third-order valence-electron chi connectivity index (χ3n) is 3.42. The SMILES string of the molecule is COc1cc(OC)c2c(ccc3cc(O)c(O)cc32)c1. The fourth-order valence-electron chi connectivity index (χ4n) is 2.44. The summed E-state index contributed by atoms with van der Waals surface area (Å²) in [4.78, 5) is 0. The molecule has 2 N–H and O–H groups in total. The maximum absolute atomic E-state index is 9.73. The van der Waals surface area contributed by atoms with Crippen molar-refractivity contribution in [2.45, 2.75) is 0 Å². The summed E-state index contributed by atoms with van der Waals surface area (Å²) < 4.78 is 10.7. The number of phenolic OH excluding ortho intramolecular Hbond substituents is 2. The Morgan fingerprint density at radius 1 is 0.800 bits per heavy atom. The summed E-state index contributed by atoms with van der Waals surface area (Å²) >= 11 is 0. The molecule has 0 saturated carbocycles. The highest BCUT2D eigenvalue weighted by Crippen LogP contribution is 2.39. The van der Waals surface area contributed by atoms with Crippen molar-refractivity contribution in [2.24, 2.45) is 0 Å². The number of hydrogen-bond donors (Lipinski definition) is 2. The van der Waals surface area contributed by atoms with Crippen LogP contribution in [-0.2, 0) is 0 Å². The second-order valence-electron chi connectivity index (χ2n) is 4.56. The van der Waals surface area contributed by atoms with Gasteiger partial charge in [0, 0.05) is 11.5 Å². The normalized spacial score (nSPS) is 10.9. The first-order valence-electron chi connectivity index (χ1n) is 6.14. The second-order valence-corrected chi connectivity index (χ2v) is 4.56. The van der Waals surface area contributed by atoms with Crippen molar-refractivity contribution in [2.75, 3.05) is 14.2 Å². The van der Waals surface area contributed by atoms with E-state index < -0.39 is 0 Å². The molecular formula is C16H14O4. The second kappa shape index (κ2) is 4.49. The lowest BCUT2D eigenvalue weighted by molar-refractivity contribution is 0.398. The predicted molar refractivity (Wildman–Crippen MR) is 77.9 cm³/mol. The molecule has 0 heterocycles. The van der Waals surface area contributed by atoms with E-state index in [0.717, 1.165) is 21.5 Å². The molecule has 0 spiro atoms. The molecule has 3 aromatic rings. The van der Waals surface area contributed by atoms with Crippen LogP contribution in [0.4, 0.5) is 0 Å². The Morgan fingerprint density at radius 2 is 1.50 bits per heavy atom. The number of hydrogen-bond acceptors (Lipinski definition) is 4. The highest BCUT2D eigenvalue weighted by atomic mass is 16.5. The van der Waals surface area contributed by atoms with E-state index in [1.165, 1.54) is 6.07 Å². The van der Waals surface area contributed by atoms with Crippen LogP contribution in [0.2, 0.25) is 0 Å². The van der Waals surface area contributed by atoms with Crippen LogP contribution in [-0.4, -0.2) is 24.4 Å². The molecule has 4 heteroatoms. The van der Waals surface area contributed by atoms with Crippen LogP contribution >= 0.6 is 0 Å². The Labute approximate surface area is 115 Å². The summed E-state index contributed by atoms with van der Waals surface area (Å²) in [6.45, 7) is 0. The van der Waals surface area contributed by atoms with Crippen molar-refractivity contribution in [3.05, 3.63) is 36.4 Å². The molecular weight excluding hydrogens is 256 g/mol. The van der Waals surface area contributed by atoms with Gasteiger partial charge in [0.25, 0.3) is 0 Å². The van der Waals surface area contributed by atoms with Crippen molar-refractivity contribution < 1.29 is 19.7 Å². The minimum absolute atomic E-state index is 0.135. The average molecular weight is 270 g/mol. The van der Waals surface area contributed by atoms with Gasteiger partial charge in [-0.2, -0.15) is 0 Å². The number of aromatic hydroxyl groups is 2. The van der Waals surface area contributed by atoms with Gasteiger partial charge in [-0.1, -0.05) is 12.1 Å². The Balaban J connectivity index is 2.49. The summed E-state index contributed by atoms with van der Waals surface area (Å²) in [7, 11) is 3.19. The van der Waals surface area contributed by atoms with E-state index in [2.05, 4.69) is 0 Å². The van der Waals surface area contributed by atoms with Crippen LogP contribution < -0.4 is 9.47 Å². The lowest BCUT2D eigenvalue weighted by Gasteiger charge is -2.12. The maximum Gasteiger partial charge on any atom is 0.158 e. The van der Waals surface area contributed by atoms with E-state index in [0.29, 0.717) is 11.5 Å². The summed E-state index contributed by atoms with van der Waals surface area (Å²) in [5.74, 6) is 1.08. The summed E-state index contributed by atoms with van der Waals surface area (Å²) in [5.41, 5.74) is 0. The van der Waals surface area contributed by atoms with Crippen LogP contribution in [0.25, 0.3) is 21.5 Å². The first-order chi connectivity index (χ1) is 9.63. The lowest BCUT2D eigenvalue weighted by Crippen LogP contribution is -1.90. The van der Waals surface area contributed by atoms with E-state index in [1.54, 1.807) is 26.4 Å². The summed E-state index contributed by atoms with van der Waals surface area (Å²) in [6.07, 6.45) is 0. The molecule has 0 fully saturated rings. The van der Waals surface area contributed by atoms with Gasteiger partial charge in [-0.15, -0.1) is 0 Å². The molecule has 0 aromatic heterocycles. The van der Waals surface area contributed by atoms with Crippen molar-refractivity contribution in [3.8, 4) is 23.0 Å². The molecule has 4 nitrogen and oxygen atoms in total. The molecule has 0 atom stereocenters. The molecule has 0 aliphatic heterocycles. The van der Waals surface area contributed by atoms with E-state index in [1.807, 2.05) is 18.2 Å². The number of rotatable bonds is 2. The van der Waals surface area contributed by atoms with Crippen molar-refractivity contribution in [3.63, 3.8) is 0 Å². The van der Waals surface area contributed by atoms with Crippen molar-refractivity contribution >= 4 is 21.5 Å². The van der Waals surface area contributed by atoms with Crippen LogP contribution in [0, 0.1) is 0 Å². The van der Waals surface area contributed by atoms with Gasteiger partial charge in [0.05, 0.1) is 14.2 Å². The lowest BCUT2D eigenvalue weighted by atomic mass is 10.00. The monoisotopic (exact) mass is 270 g/mol. The smallest absolute Gasteiger partial charge is 0.158 e. The topological polar surface area (TPSA) is 58.9 Å². The van der Waals surface area contributed by atoms with Gasteiger partial charge in [0.2, 0.25) is 0 Å². The molecule has 102 valence electrons. The van der Waals surface area contributed by atoms with Crippen LogP contribution in [0.3, 0.4) is 0 Å². The fraction of sp³-hybridized carbons (Fsp3) is 0.125. The van der Waals surface area contributed by atoms with Gasteiger partial charge >= 0.3 is 0 Å². The molecule has 0 aliphatic rings. The molecule has 0 amide bonds. The van der Waals surface area contributed by atoms with Gasteiger partial charge in [-0.25, -0.2) is 0 Å². The van der Waals surface area contributed by atoms with Crippen LogP contribution in [0.15, 0.2) is 36.4 Å². The minimum atomic E-state index is -0.150. The Morgan fingerprint density at radius 3 is 2.20 bits per heavy atom. The standard InChI is InChI=1S/C16H14O4/c1-19-11-5-10-4-3-9-6-13(17)14(18)8-12(9)16(10)15(7-11)20-2/h3-8,17-18H,1-2H3. The number of benzene rings is 3. The van der Waals surface area contributed by atoms with E-state index in [-0.39, 0.29) is 11.5 Å². The van der Waals surface area contributed by atoms with Gasteiger partial charge in [-0.3, -0.25) is 0 Å². The highest BCUT2D eigenvalue weighted by Gasteiger charge is 2.11. The molecule has 3 aromatic carbocycles. The zero-order valence-electron chi connectivity index (χ0n) is 11.2. The molecule has 3 rings (SSSR count). The third-order valence-corrected chi connectivity index (χ3v) is 3.42. The first-order valence-corrected chi connectivity index (χ1v) is 6.14. The average Bonchev–Trinajstić information content (AvgIpc) is 2.47. The Hall–Kier alpha value is -2.62.